The van der Waals surface area contributed by atoms with E-state index in [4.69, 9.17) is 21.6 Å². The van der Waals surface area contributed by atoms with Crippen LogP contribution in [0.15, 0.2) is 42.5 Å². The zero-order chi connectivity index (χ0) is 17.5. The molecular weight excluding hydrogens is 331 g/mol. The van der Waals surface area contributed by atoms with E-state index in [1.54, 1.807) is 25.1 Å². The topological polar surface area (TPSA) is 65.3 Å². The Morgan fingerprint density at radius 3 is 2.62 bits per heavy atom. The van der Waals surface area contributed by atoms with Crippen molar-refractivity contribution in [2.24, 2.45) is 0 Å². The molecule has 0 saturated heterocycles. The standard InChI is InChI=1S/C18H18ClFN2O2/c1-12(9-21)24-15-5-2-13(3-6-15)10-22-11-18(23)14-4-7-16(19)17(20)8-14/h2-8,12,18,22-23H,10-11H2,1H3. The third-order valence-electron chi connectivity index (χ3n) is 3.41. The van der Waals surface area contributed by atoms with Crippen molar-refractivity contribution < 1.29 is 14.2 Å². The van der Waals surface area contributed by atoms with Crippen LogP contribution in [0.1, 0.15) is 24.2 Å². The summed E-state index contributed by atoms with van der Waals surface area (Å²) in [4.78, 5) is 0. The second kappa shape index (κ2) is 8.65. The highest BCUT2D eigenvalue weighted by molar-refractivity contribution is 6.30. The molecule has 2 aromatic rings. The molecule has 126 valence electrons. The summed E-state index contributed by atoms with van der Waals surface area (Å²) in [6, 6.07) is 13.6. The summed E-state index contributed by atoms with van der Waals surface area (Å²) in [5.41, 5.74) is 1.47. The van der Waals surface area contributed by atoms with Crippen molar-refractivity contribution in [2.45, 2.75) is 25.7 Å². The van der Waals surface area contributed by atoms with Gasteiger partial charge in [0.05, 0.1) is 11.1 Å². The molecule has 0 aliphatic carbocycles. The number of hydrogen-bond acceptors (Lipinski definition) is 4. The molecule has 0 spiro atoms. The van der Waals surface area contributed by atoms with Gasteiger partial charge in [0.2, 0.25) is 0 Å². The summed E-state index contributed by atoms with van der Waals surface area (Å²) in [5, 5.41) is 21.9. The van der Waals surface area contributed by atoms with E-state index in [-0.39, 0.29) is 11.6 Å². The number of aliphatic hydroxyl groups is 1. The summed E-state index contributed by atoms with van der Waals surface area (Å²) in [7, 11) is 0. The monoisotopic (exact) mass is 348 g/mol. The molecule has 0 aromatic heterocycles. The van der Waals surface area contributed by atoms with E-state index in [2.05, 4.69) is 5.32 Å². The van der Waals surface area contributed by atoms with Crippen molar-refractivity contribution >= 4 is 11.6 Å². The lowest BCUT2D eigenvalue weighted by Crippen LogP contribution is -2.21. The van der Waals surface area contributed by atoms with E-state index < -0.39 is 18.0 Å². The molecule has 0 bridgehead atoms. The number of halogens is 2. The lowest BCUT2D eigenvalue weighted by Gasteiger charge is -2.13. The fourth-order valence-electron chi connectivity index (χ4n) is 2.11. The van der Waals surface area contributed by atoms with Crippen LogP contribution >= 0.6 is 11.6 Å². The number of nitrogens with zero attached hydrogens (tertiary/aromatic N) is 1. The van der Waals surface area contributed by atoms with Gasteiger partial charge in [-0.25, -0.2) is 4.39 Å². The Balaban J connectivity index is 1.83. The van der Waals surface area contributed by atoms with Crippen LogP contribution < -0.4 is 10.1 Å². The van der Waals surface area contributed by atoms with Gasteiger partial charge in [-0.1, -0.05) is 29.8 Å². The number of rotatable bonds is 7. The lowest BCUT2D eigenvalue weighted by atomic mass is 10.1. The van der Waals surface area contributed by atoms with Crippen molar-refractivity contribution in [1.82, 2.24) is 5.32 Å². The lowest BCUT2D eigenvalue weighted by molar-refractivity contribution is 0.174. The van der Waals surface area contributed by atoms with Crippen LogP contribution in [0.4, 0.5) is 4.39 Å². The molecule has 6 heteroatoms. The SMILES string of the molecule is CC(C#N)Oc1ccc(CNCC(O)c2ccc(Cl)c(F)c2)cc1. The van der Waals surface area contributed by atoms with E-state index >= 15 is 0 Å². The van der Waals surface area contributed by atoms with E-state index in [1.807, 2.05) is 18.2 Å². The molecule has 2 atom stereocenters. The van der Waals surface area contributed by atoms with Gasteiger partial charge in [-0.3, -0.25) is 0 Å². The van der Waals surface area contributed by atoms with Gasteiger partial charge in [0, 0.05) is 13.1 Å². The van der Waals surface area contributed by atoms with Crippen LogP contribution in [-0.2, 0) is 6.54 Å². The Bertz CT molecular complexity index is 716. The first-order valence-electron chi connectivity index (χ1n) is 7.48. The molecule has 0 aliphatic heterocycles. The third kappa shape index (κ3) is 5.20. The molecule has 0 aliphatic rings. The molecule has 2 unspecified atom stereocenters. The van der Waals surface area contributed by atoms with Crippen LogP contribution in [0, 0.1) is 17.1 Å². The minimum absolute atomic E-state index is 0.0342. The van der Waals surface area contributed by atoms with E-state index in [0.717, 1.165) is 5.56 Å². The summed E-state index contributed by atoms with van der Waals surface area (Å²) in [5.74, 6) is 0.0832. The number of hydrogen-bond donors (Lipinski definition) is 2. The Kier molecular flexibility index (Phi) is 6.56. The molecule has 0 amide bonds. The van der Waals surface area contributed by atoms with Crippen LogP contribution in [0.3, 0.4) is 0 Å². The number of nitriles is 1. The second-order valence-electron chi connectivity index (χ2n) is 5.35. The first-order chi connectivity index (χ1) is 11.5. The maximum Gasteiger partial charge on any atom is 0.181 e. The Morgan fingerprint density at radius 1 is 1.29 bits per heavy atom. The van der Waals surface area contributed by atoms with E-state index in [0.29, 0.717) is 17.9 Å². The van der Waals surface area contributed by atoms with E-state index in [9.17, 15) is 9.50 Å². The number of nitrogens with one attached hydrogen (secondary N) is 1. The summed E-state index contributed by atoms with van der Waals surface area (Å²) < 4.78 is 18.8. The van der Waals surface area contributed by atoms with Gasteiger partial charge in [0.1, 0.15) is 17.6 Å². The zero-order valence-corrected chi connectivity index (χ0v) is 13.9. The van der Waals surface area contributed by atoms with Crippen LogP contribution in [0.5, 0.6) is 5.75 Å². The van der Waals surface area contributed by atoms with E-state index in [1.165, 1.54) is 12.1 Å². The predicted octanol–water partition coefficient (Wildman–Crippen LogP) is 3.59. The molecule has 24 heavy (non-hydrogen) atoms. The van der Waals surface area contributed by atoms with Gasteiger partial charge >= 0.3 is 0 Å². The van der Waals surface area contributed by atoms with Gasteiger partial charge in [-0.05, 0) is 42.3 Å². The Hall–Kier alpha value is -2.13. The molecule has 0 saturated carbocycles. The molecule has 0 fully saturated rings. The summed E-state index contributed by atoms with van der Waals surface area (Å²) >= 11 is 5.62. The van der Waals surface area contributed by atoms with Gasteiger partial charge in [-0.2, -0.15) is 5.26 Å². The first kappa shape index (κ1) is 18.2. The molecule has 2 rings (SSSR count). The Morgan fingerprint density at radius 2 is 2.00 bits per heavy atom. The highest BCUT2D eigenvalue weighted by Crippen LogP contribution is 2.20. The Labute approximate surface area is 145 Å². The highest BCUT2D eigenvalue weighted by Gasteiger charge is 2.10. The highest BCUT2D eigenvalue weighted by atomic mass is 35.5. The van der Waals surface area contributed by atoms with Crippen molar-refractivity contribution in [2.75, 3.05) is 6.54 Å². The first-order valence-corrected chi connectivity index (χ1v) is 7.86. The molecule has 2 aromatic carbocycles. The van der Waals surface area contributed by atoms with Crippen molar-refractivity contribution in [3.63, 3.8) is 0 Å². The fraction of sp³-hybridized carbons (Fsp3) is 0.278. The van der Waals surface area contributed by atoms with Gasteiger partial charge < -0.3 is 15.2 Å². The van der Waals surface area contributed by atoms with Gasteiger partial charge in [-0.15, -0.1) is 0 Å². The summed E-state index contributed by atoms with van der Waals surface area (Å²) in [6.45, 7) is 2.50. The molecule has 2 N–H and O–H groups in total. The van der Waals surface area contributed by atoms with Crippen molar-refractivity contribution in [3.05, 3.63) is 64.4 Å². The average Bonchev–Trinajstić information content (AvgIpc) is 2.58. The zero-order valence-electron chi connectivity index (χ0n) is 13.2. The van der Waals surface area contributed by atoms with Crippen LogP contribution in [0.25, 0.3) is 0 Å². The molecule has 0 heterocycles. The molecule has 0 radical (unpaired) electrons. The molecular formula is C18H18ClFN2O2. The maximum absolute atomic E-state index is 13.4. The maximum atomic E-state index is 13.4. The normalized spacial score (nSPS) is 13.1. The van der Waals surface area contributed by atoms with Gasteiger partial charge in [0.15, 0.2) is 6.10 Å². The predicted molar refractivity (Wildman–Crippen MR) is 90.2 cm³/mol. The number of benzene rings is 2. The van der Waals surface area contributed by atoms with Crippen LogP contribution in [0.2, 0.25) is 5.02 Å². The number of aliphatic hydroxyl groups excluding tert-OH is 1. The van der Waals surface area contributed by atoms with Crippen molar-refractivity contribution in [1.29, 1.82) is 5.26 Å². The third-order valence-corrected chi connectivity index (χ3v) is 3.72. The minimum Gasteiger partial charge on any atom is -0.476 e. The smallest absolute Gasteiger partial charge is 0.181 e. The summed E-state index contributed by atoms with van der Waals surface area (Å²) in [6.07, 6.45) is -1.32. The van der Waals surface area contributed by atoms with Gasteiger partial charge in [0.25, 0.3) is 0 Å². The average molecular weight is 349 g/mol. The molecule has 4 nitrogen and oxygen atoms in total. The van der Waals surface area contributed by atoms with Crippen molar-refractivity contribution in [3.8, 4) is 11.8 Å². The number of ether oxygens (including phenoxy) is 1. The minimum atomic E-state index is -0.823. The second-order valence-corrected chi connectivity index (χ2v) is 5.76. The fourth-order valence-corrected chi connectivity index (χ4v) is 2.22. The van der Waals surface area contributed by atoms with Crippen LogP contribution in [-0.4, -0.2) is 17.8 Å². The largest absolute Gasteiger partial charge is 0.476 e. The quantitative estimate of drug-likeness (QED) is 0.802.